The van der Waals surface area contributed by atoms with E-state index in [1.165, 1.54) is 38.6 Å². The molecule has 3 nitrogen and oxygen atoms in total. The molecule has 1 unspecified atom stereocenters. The molecule has 0 radical (unpaired) electrons. The van der Waals surface area contributed by atoms with Crippen molar-refractivity contribution < 1.29 is 0 Å². The minimum absolute atomic E-state index is 0.445. The van der Waals surface area contributed by atoms with Crippen LogP contribution in [0.5, 0.6) is 0 Å². The molecule has 0 heterocycles. The first-order chi connectivity index (χ1) is 8.04. The Morgan fingerprint density at radius 3 is 2.24 bits per heavy atom. The molecule has 0 saturated heterocycles. The molecule has 1 aliphatic rings. The van der Waals surface area contributed by atoms with Gasteiger partial charge in [0, 0.05) is 18.6 Å². The highest BCUT2D eigenvalue weighted by molar-refractivity contribution is 4.97. The fourth-order valence-corrected chi connectivity index (χ4v) is 3.03. The predicted octanol–water partition coefficient (Wildman–Crippen LogP) is 1.78. The van der Waals surface area contributed by atoms with Gasteiger partial charge in [-0.2, -0.15) is 0 Å². The van der Waals surface area contributed by atoms with Crippen LogP contribution in [0.2, 0.25) is 0 Å². The highest BCUT2D eigenvalue weighted by atomic mass is 15.2. The Bertz CT molecular complexity index is 212. The van der Waals surface area contributed by atoms with Crippen molar-refractivity contribution in [1.82, 2.24) is 9.80 Å². The van der Waals surface area contributed by atoms with Crippen LogP contribution >= 0.6 is 0 Å². The number of likely N-dealkylation sites (N-methyl/N-ethyl adjacent to an activating group) is 2. The van der Waals surface area contributed by atoms with Crippen LogP contribution in [0.15, 0.2) is 0 Å². The maximum atomic E-state index is 5.84. The van der Waals surface area contributed by atoms with E-state index in [9.17, 15) is 0 Å². The van der Waals surface area contributed by atoms with Crippen LogP contribution in [0.25, 0.3) is 0 Å². The van der Waals surface area contributed by atoms with Crippen molar-refractivity contribution in [3.8, 4) is 0 Å². The van der Waals surface area contributed by atoms with Gasteiger partial charge in [-0.05, 0) is 59.3 Å². The van der Waals surface area contributed by atoms with Gasteiger partial charge in [-0.1, -0.05) is 13.3 Å². The van der Waals surface area contributed by atoms with Gasteiger partial charge in [0.1, 0.15) is 0 Å². The molecule has 1 saturated carbocycles. The first-order valence-corrected chi connectivity index (χ1v) is 7.10. The molecule has 1 atom stereocenters. The van der Waals surface area contributed by atoms with E-state index in [4.69, 9.17) is 5.73 Å². The first-order valence-electron chi connectivity index (χ1n) is 7.10. The van der Waals surface area contributed by atoms with Crippen molar-refractivity contribution >= 4 is 0 Å². The summed E-state index contributed by atoms with van der Waals surface area (Å²) in [7, 11) is 6.70. The molecule has 102 valence electrons. The topological polar surface area (TPSA) is 32.5 Å². The number of hydrogen-bond donors (Lipinski definition) is 1. The molecule has 1 aliphatic carbocycles. The van der Waals surface area contributed by atoms with Crippen molar-refractivity contribution in [2.75, 3.05) is 40.8 Å². The molecule has 3 heteroatoms. The Balaban J connectivity index is 2.39. The molecule has 0 aromatic carbocycles. The molecular weight excluding hydrogens is 210 g/mol. The molecule has 0 aromatic rings. The third-order valence-corrected chi connectivity index (χ3v) is 4.40. The third-order valence-electron chi connectivity index (χ3n) is 4.40. The molecule has 1 rings (SSSR count). The summed E-state index contributed by atoms with van der Waals surface area (Å²) in [6, 6.07) is 0. The summed E-state index contributed by atoms with van der Waals surface area (Å²) in [6.45, 7) is 5.42. The number of nitrogens with two attached hydrogens (primary N) is 1. The van der Waals surface area contributed by atoms with Crippen LogP contribution in [0, 0.1) is 5.92 Å². The van der Waals surface area contributed by atoms with Crippen molar-refractivity contribution in [2.24, 2.45) is 11.7 Å². The second kappa shape index (κ2) is 6.72. The van der Waals surface area contributed by atoms with E-state index in [1.807, 2.05) is 0 Å². The van der Waals surface area contributed by atoms with Gasteiger partial charge in [0.15, 0.2) is 0 Å². The smallest absolute Gasteiger partial charge is 0.0330 e. The summed E-state index contributed by atoms with van der Waals surface area (Å²) in [4.78, 5) is 4.91. The maximum Gasteiger partial charge on any atom is 0.0330 e. The molecule has 0 spiro atoms. The Kier molecular flexibility index (Phi) is 5.90. The highest BCUT2D eigenvalue weighted by Crippen LogP contribution is 2.36. The van der Waals surface area contributed by atoms with Crippen LogP contribution in [0.4, 0.5) is 0 Å². The van der Waals surface area contributed by atoms with Crippen LogP contribution in [-0.2, 0) is 0 Å². The van der Waals surface area contributed by atoms with Gasteiger partial charge >= 0.3 is 0 Å². The SMILES string of the molecule is CCCC(CN)CN(C)CC1(N(C)C)CCC1. The van der Waals surface area contributed by atoms with Crippen LogP contribution in [0.3, 0.4) is 0 Å². The third kappa shape index (κ3) is 3.94. The summed E-state index contributed by atoms with van der Waals surface area (Å²) in [6.07, 6.45) is 6.60. The van der Waals surface area contributed by atoms with E-state index in [2.05, 4.69) is 37.9 Å². The Morgan fingerprint density at radius 1 is 1.24 bits per heavy atom. The zero-order valence-corrected chi connectivity index (χ0v) is 12.2. The Labute approximate surface area is 107 Å². The van der Waals surface area contributed by atoms with Gasteiger partial charge in [-0.3, -0.25) is 0 Å². The van der Waals surface area contributed by atoms with Crippen molar-refractivity contribution in [3.05, 3.63) is 0 Å². The molecule has 0 bridgehead atoms. The fraction of sp³-hybridized carbons (Fsp3) is 1.00. The second-order valence-corrected chi connectivity index (χ2v) is 6.06. The molecule has 0 aliphatic heterocycles. The lowest BCUT2D eigenvalue weighted by Gasteiger charge is -2.49. The quantitative estimate of drug-likeness (QED) is 0.703. The first kappa shape index (κ1) is 14.9. The average Bonchev–Trinajstić information content (AvgIpc) is 2.22. The van der Waals surface area contributed by atoms with E-state index in [1.54, 1.807) is 0 Å². The molecule has 0 aromatic heterocycles. The molecule has 17 heavy (non-hydrogen) atoms. The van der Waals surface area contributed by atoms with Gasteiger partial charge in [0.05, 0.1) is 0 Å². The Hall–Kier alpha value is -0.120. The number of rotatable bonds is 8. The monoisotopic (exact) mass is 241 g/mol. The molecular formula is C14H31N3. The highest BCUT2D eigenvalue weighted by Gasteiger charge is 2.39. The van der Waals surface area contributed by atoms with Crippen LogP contribution in [-0.4, -0.2) is 56.1 Å². The summed E-state index contributed by atoms with van der Waals surface area (Å²) >= 11 is 0. The average molecular weight is 241 g/mol. The van der Waals surface area contributed by atoms with Gasteiger partial charge in [0.25, 0.3) is 0 Å². The fourth-order valence-electron chi connectivity index (χ4n) is 3.03. The van der Waals surface area contributed by atoms with Crippen molar-refractivity contribution in [3.63, 3.8) is 0 Å². The molecule has 2 N–H and O–H groups in total. The minimum atomic E-state index is 0.445. The standard InChI is InChI=1S/C14H31N3/c1-5-7-13(10-15)11-17(4)12-14(16(2)3)8-6-9-14/h13H,5-12,15H2,1-4H3. The van der Waals surface area contributed by atoms with Crippen molar-refractivity contribution in [2.45, 2.75) is 44.6 Å². The maximum absolute atomic E-state index is 5.84. The number of hydrogen-bond acceptors (Lipinski definition) is 3. The second-order valence-electron chi connectivity index (χ2n) is 6.06. The van der Waals surface area contributed by atoms with E-state index in [0.29, 0.717) is 11.5 Å². The Morgan fingerprint density at radius 2 is 1.88 bits per heavy atom. The molecule has 0 amide bonds. The van der Waals surface area contributed by atoms with E-state index < -0.39 is 0 Å². The van der Waals surface area contributed by atoms with E-state index >= 15 is 0 Å². The lowest BCUT2D eigenvalue weighted by Crippen LogP contribution is -2.57. The minimum Gasteiger partial charge on any atom is -0.330 e. The van der Waals surface area contributed by atoms with Crippen LogP contribution in [0.1, 0.15) is 39.0 Å². The van der Waals surface area contributed by atoms with E-state index in [-0.39, 0.29) is 0 Å². The zero-order chi connectivity index (χ0) is 12.9. The summed E-state index contributed by atoms with van der Waals surface area (Å²) in [5, 5.41) is 0. The van der Waals surface area contributed by atoms with Gasteiger partial charge in [-0.15, -0.1) is 0 Å². The largest absolute Gasteiger partial charge is 0.330 e. The van der Waals surface area contributed by atoms with Gasteiger partial charge in [0.2, 0.25) is 0 Å². The lowest BCUT2D eigenvalue weighted by atomic mass is 9.75. The van der Waals surface area contributed by atoms with Gasteiger partial charge in [-0.25, -0.2) is 0 Å². The molecule has 1 fully saturated rings. The number of nitrogens with zero attached hydrogens (tertiary/aromatic N) is 2. The van der Waals surface area contributed by atoms with E-state index in [0.717, 1.165) is 13.1 Å². The summed E-state index contributed by atoms with van der Waals surface area (Å²) < 4.78 is 0. The summed E-state index contributed by atoms with van der Waals surface area (Å²) in [5.41, 5.74) is 6.28. The predicted molar refractivity (Wildman–Crippen MR) is 75.2 cm³/mol. The van der Waals surface area contributed by atoms with Crippen molar-refractivity contribution in [1.29, 1.82) is 0 Å². The van der Waals surface area contributed by atoms with Gasteiger partial charge < -0.3 is 15.5 Å². The normalized spacial score (nSPS) is 20.6. The summed E-state index contributed by atoms with van der Waals surface area (Å²) in [5.74, 6) is 0.671. The van der Waals surface area contributed by atoms with Crippen LogP contribution < -0.4 is 5.73 Å². The lowest BCUT2D eigenvalue weighted by molar-refractivity contribution is 0.0240. The zero-order valence-electron chi connectivity index (χ0n) is 12.2.